The molecule has 0 aromatic rings. The average molecular weight is 1080 g/mol. The van der Waals surface area contributed by atoms with Gasteiger partial charge >= 0.3 is 0 Å². The second-order valence-electron chi connectivity index (χ2n) is 20.4. The molecule has 440 valence electrons. The van der Waals surface area contributed by atoms with Crippen LogP contribution in [0.1, 0.15) is 187 Å². The van der Waals surface area contributed by atoms with Crippen LogP contribution in [0.2, 0.25) is 0 Å². The summed E-state index contributed by atoms with van der Waals surface area (Å²) in [4.78, 5) is 13.3. The van der Waals surface area contributed by atoms with Crippen LogP contribution in [0.15, 0.2) is 109 Å². The maximum Gasteiger partial charge on any atom is 0.220 e. The minimum absolute atomic E-state index is 0.246. The van der Waals surface area contributed by atoms with Crippen LogP contribution in [-0.2, 0) is 23.7 Å². The van der Waals surface area contributed by atoms with Crippen LogP contribution in [0.25, 0.3) is 0 Å². The quantitative estimate of drug-likeness (QED) is 0.0205. The zero-order chi connectivity index (χ0) is 56.0. The molecule has 0 radical (unpaired) electrons. The fourth-order valence-electron chi connectivity index (χ4n) is 8.91. The van der Waals surface area contributed by atoms with Crippen molar-refractivity contribution in [3.05, 3.63) is 109 Å². The van der Waals surface area contributed by atoms with Crippen molar-refractivity contribution < 1.29 is 64.6 Å². The highest BCUT2D eigenvalue weighted by atomic mass is 16.7. The summed E-state index contributed by atoms with van der Waals surface area (Å²) >= 11 is 0. The summed E-state index contributed by atoms with van der Waals surface area (Å²) in [6, 6.07) is -0.954. The molecule has 1 amide bonds. The maximum atomic E-state index is 13.3. The summed E-state index contributed by atoms with van der Waals surface area (Å²) in [5, 5.41) is 87.0. The lowest BCUT2D eigenvalue weighted by molar-refractivity contribution is -0.359. The summed E-state index contributed by atoms with van der Waals surface area (Å²) < 4.78 is 22.7. The largest absolute Gasteiger partial charge is 0.394 e. The average Bonchev–Trinajstić information content (AvgIpc) is 3.44. The number of amides is 1. The highest BCUT2D eigenvalue weighted by Crippen LogP contribution is 2.30. The molecule has 2 saturated heterocycles. The number of hydrogen-bond acceptors (Lipinski definition) is 13. The molecule has 14 heteroatoms. The molecule has 0 aliphatic carbocycles. The van der Waals surface area contributed by atoms with Gasteiger partial charge in [-0.15, -0.1) is 0 Å². The molecule has 2 aliphatic rings. The van der Waals surface area contributed by atoms with Crippen molar-refractivity contribution in [3.63, 3.8) is 0 Å². The Morgan fingerprint density at radius 3 is 1.43 bits per heavy atom. The van der Waals surface area contributed by atoms with Crippen molar-refractivity contribution in [2.75, 3.05) is 19.8 Å². The molecule has 0 aromatic heterocycles. The molecular formula is C63H105NO13. The predicted molar refractivity (Wildman–Crippen MR) is 309 cm³/mol. The van der Waals surface area contributed by atoms with E-state index < -0.39 is 86.8 Å². The summed E-state index contributed by atoms with van der Waals surface area (Å²) in [5.74, 6) is -0.273. The van der Waals surface area contributed by atoms with E-state index in [0.717, 1.165) is 103 Å². The van der Waals surface area contributed by atoms with Crippen molar-refractivity contribution >= 4 is 5.91 Å². The molecule has 14 nitrogen and oxygen atoms in total. The lowest BCUT2D eigenvalue weighted by Gasteiger charge is -2.46. The third-order valence-electron chi connectivity index (χ3n) is 13.7. The Balaban J connectivity index is 1.80. The Kier molecular flexibility index (Phi) is 43.0. The van der Waals surface area contributed by atoms with E-state index in [1.807, 2.05) is 6.08 Å². The molecule has 2 heterocycles. The predicted octanol–water partition coefficient (Wildman–Crippen LogP) is 10.1. The number of nitrogens with one attached hydrogen (secondary N) is 1. The SMILES string of the molecule is CC/C=C\C/C=C\C/C=C\C/C=C\C/C=C\C/C=C\CCCCCCCCC(=O)NC(COC1OC(CO)C(OC2OC(CO)C(O)C(O)C2O)C(O)C1O)C(O)/C=C/CC/C=C/CC/C=C/CCCCCCCCCC. The lowest BCUT2D eigenvalue weighted by atomic mass is 9.97. The molecule has 0 spiro atoms. The lowest BCUT2D eigenvalue weighted by Crippen LogP contribution is -2.65. The van der Waals surface area contributed by atoms with Crippen LogP contribution in [0.4, 0.5) is 0 Å². The second kappa shape index (κ2) is 47.5. The summed E-state index contributed by atoms with van der Waals surface area (Å²) in [6.45, 7) is 2.62. The first-order valence-corrected chi connectivity index (χ1v) is 29.6. The van der Waals surface area contributed by atoms with Crippen LogP contribution in [0.5, 0.6) is 0 Å². The Labute approximate surface area is 464 Å². The third kappa shape index (κ3) is 33.1. The molecule has 12 atom stereocenters. The van der Waals surface area contributed by atoms with E-state index in [-0.39, 0.29) is 18.9 Å². The molecule has 2 aliphatic heterocycles. The first kappa shape index (κ1) is 69.8. The molecule has 0 saturated carbocycles. The van der Waals surface area contributed by atoms with Crippen molar-refractivity contribution in [2.45, 2.75) is 261 Å². The number of carbonyl (C=O) groups is 1. The molecule has 0 aromatic carbocycles. The van der Waals surface area contributed by atoms with Crippen LogP contribution < -0.4 is 5.32 Å². The highest BCUT2D eigenvalue weighted by molar-refractivity contribution is 5.76. The Morgan fingerprint density at radius 2 is 0.909 bits per heavy atom. The minimum atomic E-state index is -1.80. The van der Waals surface area contributed by atoms with E-state index >= 15 is 0 Å². The summed E-state index contributed by atoms with van der Waals surface area (Å²) in [5.41, 5.74) is 0. The smallest absolute Gasteiger partial charge is 0.220 e. The molecular weight excluding hydrogens is 979 g/mol. The van der Waals surface area contributed by atoms with Gasteiger partial charge in [0.2, 0.25) is 5.91 Å². The van der Waals surface area contributed by atoms with E-state index in [0.29, 0.717) is 12.8 Å². The molecule has 2 rings (SSSR count). The first-order valence-electron chi connectivity index (χ1n) is 29.6. The van der Waals surface area contributed by atoms with Gasteiger partial charge in [-0.05, 0) is 96.3 Å². The first-order chi connectivity index (χ1) is 37.6. The van der Waals surface area contributed by atoms with Crippen molar-refractivity contribution in [1.29, 1.82) is 0 Å². The Hall–Kier alpha value is -3.35. The number of hydrogen-bond donors (Lipinski definition) is 9. The van der Waals surface area contributed by atoms with Gasteiger partial charge in [-0.3, -0.25) is 4.79 Å². The van der Waals surface area contributed by atoms with Gasteiger partial charge < -0.3 is 65.1 Å². The van der Waals surface area contributed by atoms with Crippen molar-refractivity contribution in [2.24, 2.45) is 0 Å². The number of unbranched alkanes of at least 4 members (excludes halogenated alkanes) is 16. The van der Waals surface area contributed by atoms with Crippen LogP contribution >= 0.6 is 0 Å². The Morgan fingerprint density at radius 1 is 0.481 bits per heavy atom. The summed E-state index contributed by atoms with van der Waals surface area (Å²) in [6.07, 6.45) is 49.7. The molecule has 77 heavy (non-hydrogen) atoms. The number of aliphatic hydroxyl groups excluding tert-OH is 8. The van der Waals surface area contributed by atoms with Gasteiger partial charge in [0.1, 0.15) is 48.8 Å². The third-order valence-corrected chi connectivity index (χ3v) is 13.7. The number of rotatable bonds is 45. The summed E-state index contributed by atoms with van der Waals surface area (Å²) in [7, 11) is 0. The molecule has 0 bridgehead atoms. The molecule has 12 unspecified atom stereocenters. The van der Waals surface area contributed by atoms with Crippen LogP contribution in [0, 0.1) is 0 Å². The monoisotopic (exact) mass is 1080 g/mol. The number of allylic oxidation sites excluding steroid dienone is 17. The molecule has 9 N–H and O–H groups in total. The van der Waals surface area contributed by atoms with E-state index in [1.54, 1.807) is 6.08 Å². The normalized spacial score (nSPS) is 25.5. The van der Waals surface area contributed by atoms with Gasteiger partial charge in [-0.2, -0.15) is 0 Å². The zero-order valence-corrected chi connectivity index (χ0v) is 47.2. The van der Waals surface area contributed by atoms with Crippen LogP contribution in [-0.4, -0.2) is 140 Å². The topological polar surface area (TPSA) is 228 Å². The van der Waals surface area contributed by atoms with Gasteiger partial charge in [0.05, 0.1) is 32.0 Å². The Bertz CT molecular complexity index is 1700. The minimum Gasteiger partial charge on any atom is -0.394 e. The van der Waals surface area contributed by atoms with Gasteiger partial charge in [0, 0.05) is 6.42 Å². The number of ether oxygens (including phenoxy) is 4. The van der Waals surface area contributed by atoms with Crippen LogP contribution in [0.3, 0.4) is 0 Å². The van der Waals surface area contributed by atoms with E-state index in [9.17, 15) is 45.6 Å². The second-order valence-corrected chi connectivity index (χ2v) is 20.4. The standard InChI is InChI=1S/C63H105NO13/c1-3-5-7-9-11-13-15-17-19-21-23-24-25-26-27-28-29-31-33-35-37-39-41-43-45-47-55(68)64-51(52(67)46-44-42-40-38-36-34-32-30-22-20-18-16-14-12-10-8-6-4-2)50-74-62-60(73)58(71)61(54(49-66)76-62)77-63-59(72)57(70)56(69)53(48-65)75-63/h5,7,11,13,17,19,22-24,26-27,29-31,36,38,44,46,51-54,56-63,65-67,69-73H,3-4,6,8-10,12,14-16,18,20-21,25,28,32-35,37,39-43,45,47-50H2,1-2H3,(H,64,68)/b7-5-,13-11-,19-17-,24-23-,27-26-,30-22+,31-29-,38-36+,46-44+. The van der Waals surface area contributed by atoms with E-state index in [4.69, 9.17) is 18.9 Å². The van der Waals surface area contributed by atoms with Crippen molar-refractivity contribution in [1.82, 2.24) is 5.32 Å². The van der Waals surface area contributed by atoms with E-state index in [2.05, 4.69) is 116 Å². The highest BCUT2D eigenvalue weighted by Gasteiger charge is 2.51. The zero-order valence-electron chi connectivity index (χ0n) is 47.2. The van der Waals surface area contributed by atoms with E-state index in [1.165, 1.54) is 51.4 Å². The number of carbonyl (C=O) groups excluding carboxylic acids is 1. The maximum absolute atomic E-state index is 13.3. The number of aliphatic hydroxyl groups is 8. The van der Waals surface area contributed by atoms with Gasteiger partial charge in [-0.1, -0.05) is 194 Å². The fourth-order valence-corrected chi connectivity index (χ4v) is 8.91. The molecule has 2 fully saturated rings. The van der Waals surface area contributed by atoms with Crippen molar-refractivity contribution in [3.8, 4) is 0 Å². The van der Waals surface area contributed by atoms with Gasteiger partial charge in [0.15, 0.2) is 12.6 Å². The van der Waals surface area contributed by atoms with Gasteiger partial charge in [0.25, 0.3) is 0 Å². The van der Waals surface area contributed by atoms with Gasteiger partial charge in [-0.25, -0.2) is 0 Å². The fraction of sp³-hybridized carbons (Fsp3) is 0.698.